The molecule has 0 amide bonds. The van der Waals surface area contributed by atoms with Gasteiger partial charge in [-0.3, -0.25) is 9.20 Å². The Morgan fingerprint density at radius 2 is 2.20 bits per heavy atom. The standard InChI is InChI=1S/C22H29FN4O2S/c1-3-30(28)20-9-5-7-18(13-20)27-22(24-2)26-15-16-10-11-21(25-14-16)29-19-8-4-6-17(23)12-19/h4,6,8,10-12,14,18,20H,3,5,7,9,13,15H2,1-2H3,(H2,24,26,27). The molecule has 2 N–H and O–H groups in total. The maximum absolute atomic E-state index is 13.2. The lowest BCUT2D eigenvalue weighted by Crippen LogP contribution is -2.46. The minimum Gasteiger partial charge on any atom is -0.439 e. The maximum Gasteiger partial charge on any atom is 0.219 e. The Hall–Kier alpha value is -2.48. The predicted molar refractivity (Wildman–Crippen MR) is 119 cm³/mol. The van der Waals surface area contributed by atoms with Crippen molar-refractivity contribution in [3.8, 4) is 11.6 Å². The van der Waals surface area contributed by atoms with Crippen molar-refractivity contribution in [3.05, 3.63) is 54.0 Å². The highest BCUT2D eigenvalue weighted by molar-refractivity contribution is 7.85. The third-order valence-corrected chi connectivity index (χ3v) is 6.86. The molecule has 0 saturated heterocycles. The zero-order valence-electron chi connectivity index (χ0n) is 17.4. The van der Waals surface area contributed by atoms with Crippen molar-refractivity contribution >= 4 is 16.8 Å². The summed E-state index contributed by atoms with van der Waals surface area (Å²) in [6.07, 6.45) is 5.82. The van der Waals surface area contributed by atoms with E-state index in [1.165, 1.54) is 12.1 Å². The van der Waals surface area contributed by atoms with Gasteiger partial charge in [-0.2, -0.15) is 0 Å². The highest BCUT2D eigenvalue weighted by atomic mass is 32.2. The highest BCUT2D eigenvalue weighted by Gasteiger charge is 2.26. The van der Waals surface area contributed by atoms with Crippen molar-refractivity contribution in [1.82, 2.24) is 15.6 Å². The average molecular weight is 433 g/mol. The molecule has 6 nitrogen and oxygen atoms in total. The van der Waals surface area contributed by atoms with Gasteiger partial charge in [0.05, 0.1) is 0 Å². The molecule has 1 saturated carbocycles. The number of aliphatic imine (C=N–C) groups is 1. The monoisotopic (exact) mass is 432 g/mol. The van der Waals surface area contributed by atoms with Crippen molar-refractivity contribution in [1.29, 1.82) is 0 Å². The van der Waals surface area contributed by atoms with Crippen LogP contribution in [0.15, 0.2) is 47.6 Å². The first-order chi connectivity index (χ1) is 14.6. The number of benzene rings is 1. The van der Waals surface area contributed by atoms with E-state index in [9.17, 15) is 8.60 Å². The molecule has 0 bridgehead atoms. The van der Waals surface area contributed by atoms with E-state index in [1.54, 1.807) is 31.4 Å². The van der Waals surface area contributed by atoms with Crippen LogP contribution in [0.25, 0.3) is 0 Å². The van der Waals surface area contributed by atoms with Crippen molar-refractivity contribution in [2.24, 2.45) is 4.99 Å². The average Bonchev–Trinajstić information content (AvgIpc) is 2.77. The van der Waals surface area contributed by atoms with E-state index in [0.717, 1.165) is 43.0 Å². The third-order valence-electron chi connectivity index (χ3n) is 5.12. The molecule has 8 heteroatoms. The molecule has 3 atom stereocenters. The number of nitrogens with zero attached hydrogens (tertiary/aromatic N) is 2. The van der Waals surface area contributed by atoms with E-state index in [0.29, 0.717) is 18.2 Å². The van der Waals surface area contributed by atoms with Gasteiger partial charge in [-0.15, -0.1) is 0 Å². The first-order valence-corrected chi connectivity index (χ1v) is 11.7. The zero-order valence-corrected chi connectivity index (χ0v) is 18.3. The van der Waals surface area contributed by atoms with Gasteiger partial charge in [-0.1, -0.05) is 25.5 Å². The van der Waals surface area contributed by atoms with Gasteiger partial charge < -0.3 is 15.4 Å². The van der Waals surface area contributed by atoms with Crippen molar-refractivity contribution < 1.29 is 13.3 Å². The molecule has 30 heavy (non-hydrogen) atoms. The highest BCUT2D eigenvalue weighted by Crippen LogP contribution is 2.23. The number of aromatic nitrogens is 1. The summed E-state index contributed by atoms with van der Waals surface area (Å²) in [6.45, 7) is 2.54. The van der Waals surface area contributed by atoms with E-state index < -0.39 is 10.8 Å². The molecule has 0 spiro atoms. The lowest BCUT2D eigenvalue weighted by atomic mass is 9.95. The fraction of sp³-hybridized carbons (Fsp3) is 0.455. The van der Waals surface area contributed by atoms with Gasteiger partial charge in [0, 0.05) is 59.8 Å². The second-order valence-corrected chi connectivity index (χ2v) is 9.29. The quantitative estimate of drug-likeness (QED) is 0.515. The van der Waals surface area contributed by atoms with Gasteiger partial charge in [-0.05, 0) is 37.0 Å². The van der Waals surface area contributed by atoms with Crippen LogP contribution in [0.4, 0.5) is 4.39 Å². The molecule has 1 aromatic carbocycles. The topological polar surface area (TPSA) is 75.6 Å². The van der Waals surface area contributed by atoms with Crippen LogP contribution in [0.1, 0.15) is 38.2 Å². The number of hydrogen-bond donors (Lipinski definition) is 2. The summed E-state index contributed by atoms with van der Waals surface area (Å²) >= 11 is 0. The van der Waals surface area contributed by atoms with Gasteiger partial charge in [-0.25, -0.2) is 9.37 Å². The minimum atomic E-state index is -0.744. The lowest BCUT2D eigenvalue weighted by Gasteiger charge is -2.30. The number of hydrogen-bond acceptors (Lipinski definition) is 4. The van der Waals surface area contributed by atoms with Crippen LogP contribution in [-0.2, 0) is 17.3 Å². The van der Waals surface area contributed by atoms with E-state index >= 15 is 0 Å². The van der Waals surface area contributed by atoms with Crippen LogP contribution in [-0.4, -0.2) is 39.2 Å². The second-order valence-electron chi connectivity index (χ2n) is 7.29. The first kappa shape index (κ1) is 22.2. The van der Waals surface area contributed by atoms with Crippen LogP contribution < -0.4 is 15.4 Å². The molecule has 162 valence electrons. The summed E-state index contributed by atoms with van der Waals surface area (Å²) in [7, 11) is 1.000. The van der Waals surface area contributed by atoms with E-state index in [4.69, 9.17) is 4.74 Å². The Balaban J connectivity index is 1.49. The normalized spacial score (nSPS) is 20.4. The predicted octanol–water partition coefficient (Wildman–Crippen LogP) is 3.76. The molecule has 0 aliphatic heterocycles. The van der Waals surface area contributed by atoms with Gasteiger partial charge in [0.15, 0.2) is 5.96 Å². The number of pyridine rings is 1. The van der Waals surface area contributed by atoms with Gasteiger partial charge in [0.1, 0.15) is 11.6 Å². The lowest BCUT2D eigenvalue weighted by molar-refractivity contribution is 0.413. The molecular formula is C22H29FN4O2S. The van der Waals surface area contributed by atoms with Crippen LogP contribution in [0, 0.1) is 5.82 Å². The molecule has 1 aliphatic carbocycles. The van der Waals surface area contributed by atoms with Crippen LogP contribution >= 0.6 is 0 Å². The molecule has 3 rings (SSSR count). The van der Waals surface area contributed by atoms with Gasteiger partial charge in [0.2, 0.25) is 5.88 Å². The van der Waals surface area contributed by atoms with E-state index in [2.05, 4.69) is 20.6 Å². The number of rotatable bonds is 7. The SMILES string of the molecule is CCS(=O)C1CCCC(NC(=NC)NCc2ccc(Oc3cccc(F)c3)nc2)C1. The molecule has 1 heterocycles. The second kappa shape index (κ2) is 11.1. The van der Waals surface area contributed by atoms with Crippen molar-refractivity contribution in [2.45, 2.75) is 50.4 Å². The van der Waals surface area contributed by atoms with Gasteiger partial charge >= 0.3 is 0 Å². The molecule has 1 fully saturated rings. The molecule has 1 aromatic heterocycles. The van der Waals surface area contributed by atoms with E-state index in [-0.39, 0.29) is 17.1 Å². The summed E-state index contributed by atoms with van der Waals surface area (Å²) in [4.78, 5) is 8.59. The molecule has 1 aliphatic rings. The third kappa shape index (κ3) is 6.52. The Bertz CT molecular complexity index is 876. The minimum absolute atomic E-state index is 0.272. The van der Waals surface area contributed by atoms with Crippen molar-refractivity contribution in [3.63, 3.8) is 0 Å². The van der Waals surface area contributed by atoms with Gasteiger partial charge in [0.25, 0.3) is 0 Å². The Morgan fingerprint density at radius 1 is 1.33 bits per heavy atom. The maximum atomic E-state index is 13.2. The number of halogens is 1. The summed E-state index contributed by atoms with van der Waals surface area (Å²) in [5.41, 5.74) is 0.971. The summed E-state index contributed by atoms with van der Waals surface area (Å²) < 4.78 is 31.0. The van der Waals surface area contributed by atoms with Crippen LogP contribution in [0.3, 0.4) is 0 Å². The Kier molecular flexibility index (Phi) is 8.19. The van der Waals surface area contributed by atoms with Crippen LogP contribution in [0.2, 0.25) is 0 Å². The fourth-order valence-corrected chi connectivity index (χ4v) is 4.90. The summed E-state index contributed by atoms with van der Waals surface area (Å²) in [5, 5.41) is 7.03. The molecule has 3 unspecified atom stereocenters. The van der Waals surface area contributed by atoms with Crippen LogP contribution in [0.5, 0.6) is 11.6 Å². The molecular weight excluding hydrogens is 403 g/mol. The number of nitrogens with one attached hydrogen (secondary N) is 2. The fourth-order valence-electron chi connectivity index (χ4n) is 3.55. The largest absolute Gasteiger partial charge is 0.439 e. The Labute approximate surface area is 179 Å². The molecule has 0 radical (unpaired) electrons. The van der Waals surface area contributed by atoms with Crippen molar-refractivity contribution in [2.75, 3.05) is 12.8 Å². The zero-order chi connectivity index (χ0) is 21.3. The Morgan fingerprint density at radius 3 is 2.90 bits per heavy atom. The number of ether oxygens (including phenoxy) is 1. The first-order valence-electron chi connectivity index (χ1n) is 10.3. The number of guanidine groups is 1. The smallest absolute Gasteiger partial charge is 0.219 e. The van der Waals surface area contributed by atoms with E-state index in [1.807, 2.05) is 13.0 Å². The molecule has 2 aromatic rings. The summed E-state index contributed by atoms with van der Waals surface area (Å²) in [5.74, 6) is 1.91. The summed E-state index contributed by atoms with van der Waals surface area (Å²) in [6, 6.07) is 9.90.